The highest BCUT2D eigenvalue weighted by Gasteiger charge is 2.40. The molecule has 1 fully saturated rings. The van der Waals surface area contributed by atoms with Crippen molar-refractivity contribution in [2.75, 3.05) is 6.54 Å². The first-order valence-corrected chi connectivity index (χ1v) is 8.57. The van der Waals surface area contributed by atoms with Gasteiger partial charge in [-0.2, -0.15) is 0 Å². The third-order valence-corrected chi connectivity index (χ3v) is 4.47. The fourth-order valence-electron chi connectivity index (χ4n) is 3.27. The van der Waals surface area contributed by atoms with Crippen LogP contribution in [0.15, 0.2) is 30.3 Å². The Balaban J connectivity index is 2.16. The van der Waals surface area contributed by atoms with Crippen molar-refractivity contribution in [3.63, 3.8) is 0 Å². The summed E-state index contributed by atoms with van der Waals surface area (Å²) < 4.78 is 5.40. The van der Waals surface area contributed by atoms with Crippen LogP contribution in [0.1, 0.15) is 52.1 Å². The molecule has 1 heterocycles. The van der Waals surface area contributed by atoms with Crippen molar-refractivity contribution in [2.45, 2.75) is 70.4 Å². The average molecular weight is 335 g/mol. The van der Waals surface area contributed by atoms with E-state index in [0.717, 1.165) is 5.56 Å². The summed E-state index contributed by atoms with van der Waals surface area (Å²) in [6, 6.07) is 9.57. The lowest BCUT2D eigenvalue weighted by molar-refractivity contribution is -0.161. The molecule has 1 aliphatic heterocycles. The van der Waals surface area contributed by atoms with Gasteiger partial charge in [0.05, 0.1) is 18.6 Å². The Morgan fingerprint density at radius 3 is 2.50 bits per heavy atom. The minimum absolute atomic E-state index is 0.0424. The lowest BCUT2D eigenvalue weighted by Gasteiger charge is -2.44. The fourth-order valence-corrected chi connectivity index (χ4v) is 3.27. The zero-order valence-corrected chi connectivity index (χ0v) is 15.0. The van der Waals surface area contributed by atoms with Gasteiger partial charge >= 0.3 is 5.97 Å². The molecule has 0 bridgehead atoms. The van der Waals surface area contributed by atoms with Gasteiger partial charge in [-0.25, -0.2) is 0 Å². The minimum atomic E-state index is -0.961. The van der Waals surface area contributed by atoms with Gasteiger partial charge in [0.15, 0.2) is 0 Å². The van der Waals surface area contributed by atoms with E-state index in [1.807, 2.05) is 51.1 Å². The van der Waals surface area contributed by atoms with Gasteiger partial charge in [-0.3, -0.25) is 9.69 Å². The van der Waals surface area contributed by atoms with Crippen molar-refractivity contribution >= 4 is 5.97 Å². The van der Waals surface area contributed by atoms with Crippen LogP contribution in [0.2, 0.25) is 0 Å². The maximum atomic E-state index is 12.2. The summed E-state index contributed by atoms with van der Waals surface area (Å²) in [5, 5.41) is 20.5. The van der Waals surface area contributed by atoms with E-state index in [0.29, 0.717) is 13.0 Å². The second-order valence-corrected chi connectivity index (χ2v) is 7.53. The molecular formula is C19H29NO4. The number of hydrogen-bond donors (Lipinski definition) is 2. The van der Waals surface area contributed by atoms with Crippen molar-refractivity contribution in [2.24, 2.45) is 0 Å². The summed E-state index contributed by atoms with van der Waals surface area (Å²) in [6.45, 7) is 8.15. The normalized spacial score (nSPS) is 26.8. The van der Waals surface area contributed by atoms with Crippen LogP contribution in [0.25, 0.3) is 0 Å². The Hall–Kier alpha value is -1.43. The molecule has 134 valence electrons. The number of carbonyl (C=O) groups excluding carboxylic acids is 1. The standard InChI is InChI=1S/C19H29NO4/c1-13(14-8-6-5-7-9-14)20-11-10-16(21)18(23)15(20)12-17(22)24-19(2,3)4/h5-9,13,15-16,18,21,23H,10-12H2,1-4H3/t13-,15?,16-,18+/m1/s1. The van der Waals surface area contributed by atoms with Crippen LogP contribution >= 0.6 is 0 Å². The van der Waals surface area contributed by atoms with Gasteiger partial charge in [-0.1, -0.05) is 30.3 Å². The molecule has 5 heteroatoms. The van der Waals surface area contributed by atoms with Gasteiger partial charge in [0, 0.05) is 18.6 Å². The highest BCUT2D eigenvalue weighted by molar-refractivity contribution is 5.70. The topological polar surface area (TPSA) is 70.0 Å². The maximum absolute atomic E-state index is 12.2. The number of hydrogen-bond acceptors (Lipinski definition) is 5. The number of likely N-dealkylation sites (tertiary alicyclic amines) is 1. The predicted molar refractivity (Wildman–Crippen MR) is 92.4 cm³/mol. The van der Waals surface area contributed by atoms with Crippen molar-refractivity contribution < 1.29 is 19.7 Å². The highest BCUT2D eigenvalue weighted by atomic mass is 16.6. The molecule has 1 saturated heterocycles. The Morgan fingerprint density at radius 2 is 1.92 bits per heavy atom. The van der Waals surface area contributed by atoms with E-state index in [4.69, 9.17) is 4.74 Å². The molecule has 0 aromatic heterocycles. The summed E-state index contributed by atoms with van der Waals surface area (Å²) >= 11 is 0. The lowest BCUT2D eigenvalue weighted by Crippen LogP contribution is -2.56. The summed E-state index contributed by atoms with van der Waals surface area (Å²) in [4.78, 5) is 14.3. The number of benzene rings is 1. The van der Waals surface area contributed by atoms with Crippen LogP contribution < -0.4 is 0 Å². The van der Waals surface area contributed by atoms with E-state index in [9.17, 15) is 15.0 Å². The van der Waals surface area contributed by atoms with Crippen LogP contribution in [0.4, 0.5) is 0 Å². The molecule has 24 heavy (non-hydrogen) atoms. The van der Waals surface area contributed by atoms with Crippen LogP contribution in [-0.2, 0) is 9.53 Å². The molecule has 0 saturated carbocycles. The Kier molecular flexibility index (Phi) is 6.01. The Labute approximate surface area is 144 Å². The van der Waals surface area contributed by atoms with Crippen molar-refractivity contribution in [3.05, 3.63) is 35.9 Å². The van der Waals surface area contributed by atoms with E-state index in [1.165, 1.54) is 0 Å². The third kappa shape index (κ3) is 4.79. The smallest absolute Gasteiger partial charge is 0.308 e. The Morgan fingerprint density at radius 1 is 1.29 bits per heavy atom. The molecule has 4 atom stereocenters. The maximum Gasteiger partial charge on any atom is 0.308 e. The number of aliphatic hydroxyl groups excluding tert-OH is 2. The van der Waals surface area contributed by atoms with Crippen molar-refractivity contribution in [1.82, 2.24) is 4.90 Å². The van der Waals surface area contributed by atoms with Gasteiger partial charge in [-0.05, 0) is 39.7 Å². The first-order valence-electron chi connectivity index (χ1n) is 8.57. The average Bonchev–Trinajstić information content (AvgIpc) is 2.50. The molecule has 1 aromatic rings. The molecular weight excluding hydrogens is 306 g/mol. The van der Waals surface area contributed by atoms with Gasteiger partial charge in [0.2, 0.25) is 0 Å². The minimum Gasteiger partial charge on any atom is -0.460 e. The van der Waals surface area contributed by atoms with Crippen LogP contribution in [0, 0.1) is 0 Å². The number of esters is 1. The van der Waals surface area contributed by atoms with E-state index < -0.39 is 23.9 Å². The summed E-state index contributed by atoms with van der Waals surface area (Å²) in [7, 11) is 0. The second kappa shape index (κ2) is 7.64. The van der Waals surface area contributed by atoms with Crippen molar-refractivity contribution in [3.8, 4) is 0 Å². The zero-order valence-electron chi connectivity index (χ0n) is 15.0. The van der Waals surface area contributed by atoms with Gasteiger partial charge in [0.25, 0.3) is 0 Å². The molecule has 0 aliphatic carbocycles. The summed E-state index contributed by atoms with van der Waals surface area (Å²) in [5.41, 5.74) is 0.556. The molecule has 1 aromatic carbocycles. The molecule has 0 radical (unpaired) electrons. The fraction of sp³-hybridized carbons (Fsp3) is 0.632. The Bertz CT molecular complexity index is 540. The molecule has 0 spiro atoms. The number of ether oxygens (including phenoxy) is 1. The van der Waals surface area contributed by atoms with Crippen molar-refractivity contribution in [1.29, 1.82) is 0 Å². The largest absolute Gasteiger partial charge is 0.460 e. The number of aliphatic hydroxyl groups is 2. The molecule has 2 N–H and O–H groups in total. The molecule has 1 unspecified atom stereocenters. The van der Waals surface area contributed by atoms with Crippen LogP contribution in [-0.4, -0.2) is 51.5 Å². The van der Waals surface area contributed by atoms with Gasteiger partial charge in [0.1, 0.15) is 5.60 Å². The molecule has 1 aliphatic rings. The zero-order chi connectivity index (χ0) is 17.9. The number of nitrogens with zero attached hydrogens (tertiary/aromatic N) is 1. The molecule has 0 amide bonds. The summed E-state index contributed by atoms with van der Waals surface area (Å²) in [6.07, 6.45) is -1.22. The first kappa shape index (κ1) is 18.9. The highest BCUT2D eigenvalue weighted by Crippen LogP contribution is 2.30. The number of piperidine rings is 1. The molecule has 2 rings (SSSR count). The van der Waals surface area contributed by atoms with E-state index in [-0.39, 0.29) is 18.4 Å². The number of rotatable bonds is 4. The van der Waals surface area contributed by atoms with E-state index >= 15 is 0 Å². The first-order chi connectivity index (χ1) is 11.2. The summed E-state index contributed by atoms with van der Waals surface area (Å²) in [5.74, 6) is -0.356. The van der Waals surface area contributed by atoms with Gasteiger partial charge < -0.3 is 14.9 Å². The third-order valence-electron chi connectivity index (χ3n) is 4.47. The SMILES string of the molecule is C[C@H](c1ccccc1)N1CC[C@@H](O)[C@@H](O)C1CC(=O)OC(C)(C)C. The monoisotopic (exact) mass is 335 g/mol. The lowest BCUT2D eigenvalue weighted by atomic mass is 9.90. The van der Waals surface area contributed by atoms with E-state index in [1.54, 1.807) is 0 Å². The predicted octanol–water partition coefficient (Wildman–Crippen LogP) is 2.28. The van der Waals surface area contributed by atoms with Gasteiger partial charge in [-0.15, -0.1) is 0 Å². The van der Waals surface area contributed by atoms with E-state index in [2.05, 4.69) is 11.8 Å². The van der Waals surface area contributed by atoms with Crippen LogP contribution in [0.5, 0.6) is 0 Å². The quantitative estimate of drug-likeness (QED) is 0.826. The number of carbonyl (C=O) groups is 1. The van der Waals surface area contributed by atoms with Crippen LogP contribution in [0.3, 0.4) is 0 Å². The molecule has 5 nitrogen and oxygen atoms in total. The second-order valence-electron chi connectivity index (χ2n) is 7.53.